The van der Waals surface area contributed by atoms with E-state index in [2.05, 4.69) is 133 Å². The molecule has 0 fully saturated rings. The number of aromatic nitrogens is 4. The van der Waals surface area contributed by atoms with Crippen molar-refractivity contribution in [2.45, 2.75) is 0 Å². The zero-order valence-electron chi connectivity index (χ0n) is 29.3. The largest absolute Gasteiger partial charge is 0.247 e. The van der Waals surface area contributed by atoms with Gasteiger partial charge in [-0.2, -0.15) is 0 Å². The molecule has 54 heavy (non-hydrogen) atoms. The Morgan fingerprint density at radius 2 is 0.759 bits per heavy atom. The summed E-state index contributed by atoms with van der Waals surface area (Å²) in [5.41, 5.74) is 10.3. The van der Waals surface area contributed by atoms with Crippen LogP contribution in [0.1, 0.15) is 0 Å². The average Bonchev–Trinajstić information content (AvgIpc) is 3.26. The highest BCUT2D eigenvalue weighted by atomic mass is 15.0. The van der Waals surface area contributed by atoms with Gasteiger partial charge in [-0.3, -0.25) is 0 Å². The summed E-state index contributed by atoms with van der Waals surface area (Å²) in [6.45, 7) is 0. The maximum Gasteiger partial charge on any atom is 0.164 e. The molecule has 0 saturated carbocycles. The topological polar surface area (TPSA) is 51.6 Å². The number of pyridine rings is 1. The first-order valence-electron chi connectivity index (χ1n) is 18.1. The molecule has 0 atom stereocenters. The molecular formula is C50H32N4. The van der Waals surface area contributed by atoms with Crippen LogP contribution in [0.15, 0.2) is 194 Å². The summed E-state index contributed by atoms with van der Waals surface area (Å²) in [4.78, 5) is 20.3. The first-order valence-corrected chi connectivity index (χ1v) is 18.1. The minimum absolute atomic E-state index is 0.625. The van der Waals surface area contributed by atoms with E-state index in [1.165, 1.54) is 21.7 Å². The Morgan fingerprint density at radius 1 is 0.278 bits per heavy atom. The van der Waals surface area contributed by atoms with Gasteiger partial charge in [-0.1, -0.05) is 182 Å². The maximum atomic E-state index is 5.48. The third-order valence-corrected chi connectivity index (χ3v) is 10.1. The van der Waals surface area contributed by atoms with Gasteiger partial charge in [0, 0.05) is 33.2 Å². The van der Waals surface area contributed by atoms with Gasteiger partial charge >= 0.3 is 0 Å². The molecule has 0 bridgehead atoms. The predicted molar refractivity (Wildman–Crippen MR) is 223 cm³/mol. The maximum absolute atomic E-state index is 5.48. The van der Waals surface area contributed by atoms with E-state index in [0.29, 0.717) is 17.5 Å². The number of nitrogens with zero attached hydrogens (tertiary/aromatic N) is 4. The summed E-state index contributed by atoms with van der Waals surface area (Å²) in [6, 6.07) is 67.6. The highest BCUT2D eigenvalue weighted by Gasteiger charge is 2.19. The lowest BCUT2D eigenvalue weighted by Gasteiger charge is -2.18. The summed E-state index contributed by atoms with van der Waals surface area (Å²) in [6.07, 6.45) is 0. The second-order valence-corrected chi connectivity index (χ2v) is 13.4. The molecule has 0 saturated heterocycles. The van der Waals surface area contributed by atoms with E-state index in [9.17, 15) is 0 Å². The number of rotatable bonds is 6. The van der Waals surface area contributed by atoms with E-state index < -0.39 is 0 Å². The van der Waals surface area contributed by atoms with Gasteiger partial charge in [0.2, 0.25) is 0 Å². The molecule has 2 heterocycles. The fraction of sp³-hybridized carbons (Fsp3) is 0. The molecule has 8 aromatic carbocycles. The Kier molecular flexibility index (Phi) is 7.77. The quantitative estimate of drug-likeness (QED) is 0.163. The highest BCUT2D eigenvalue weighted by Crippen LogP contribution is 2.43. The number of hydrogen-bond donors (Lipinski definition) is 0. The van der Waals surface area contributed by atoms with Crippen molar-refractivity contribution < 1.29 is 0 Å². The van der Waals surface area contributed by atoms with Crippen LogP contribution in [0, 0.1) is 0 Å². The van der Waals surface area contributed by atoms with Crippen molar-refractivity contribution in [3.8, 4) is 67.7 Å². The fourth-order valence-corrected chi connectivity index (χ4v) is 7.47. The molecule has 2 aromatic heterocycles. The molecule has 0 aliphatic carbocycles. The lowest BCUT2D eigenvalue weighted by molar-refractivity contribution is 1.07. The lowest BCUT2D eigenvalue weighted by atomic mass is 9.88. The lowest BCUT2D eigenvalue weighted by Crippen LogP contribution is -2.00. The van der Waals surface area contributed by atoms with Crippen LogP contribution in [-0.2, 0) is 0 Å². The first-order chi connectivity index (χ1) is 26.8. The second-order valence-electron chi connectivity index (χ2n) is 13.4. The van der Waals surface area contributed by atoms with Crippen molar-refractivity contribution in [3.05, 3.63) is 194 Å². The van der Waals surface area contributed by atoms with E-state index >= 15 is 0 Å². The molecule has 0 N–H and O–H groups in total. The van der Waals surface area contributed by atoms with Crippen LogP contribution in [0.2, 0.25) is 0 Å². The minimum Gasteiger partial charge on any atom is -0.247 e. The van der Waals surface area contributed by atoms with Gasteiger partial charge in [0.1, 0.15) is 0 Å². The number of hydrogen-bond acceptors (Lipinski definition) is 4. The Morgan fingerprint density at radius 3 is 1.39 bits per heavy atom. The molecule has 0 amide bonds. The monoisotopic (exact) mass is 688 g/mol. The molecule has 10 aromatic rings. The van der Waals surface area contributed by atoms with Crippen molar-refractivity contribution in [2.75, 3.05) is 0 Å². The second kappa shape index (κ2) is 13.4. The normalized spacial score (nSPS) is 11.3. The van der Waals surface area contributed by atoms with E-state index in [1.807, 2.05) is 60.7 Å². The summed E-state index contributed by atoms with van der Waals surface area (Å²) < 4.78 is 0. The summed E-state index contributed by atoms with van der Waals surface area (Å²) in [5, 5.41) is 5.90. The molecule has 252 valence electrons. The summed E-state index contributed by atoms with van der Waals surface area (Å²) >= 11 is 0. The molecule has 4 heteroatoms. The van der Waals surface area contributed by atoms with Crippen LogP contribution in [-0.4, -0.2) is 19.9 Å². The Hall–Kier alpha value is -7.30. The van der Waals surface area contributed by atoms with Crippen LogP contribution in [0.4, 0.5) is 0 Å². The van der Waals surface area contributed by atoms with E-state index in [0.717, 1.165) is 60.9 Å². The predicted octanol–water partition coefficient (Wildman–Crippen LogP) is 12.7. The van der Waals surface area contributed by atoms with E-state index in [4.69, 9.17) is 19.9 Å². The smallest absolute Gasteiger partial charge is 0.164 e. The molecule has 0 aliphatic heterocycles. The van der Waals surface area contributed by atoms with E-state index in [-0.39, 0.29) is 0 Å². The Bertz CT molecular complexity index is 2900. The summed E-state index contributed by atoms with van der Waals surface area (Å²) in [7, 11) is 0. The molecule has 10 rings (SSSR count). The van der Waals surface area contributed by atoms with Crippen molar-refractivity contribution in [3.63, 3.8) is 0 Å². The number of benzene rings is 8. The zero-order chi connectivity index (χ0) is 35.8. The standard InChI is InChI=1S/C50H32N4/c1-4-16-35(17-5-1)45-32-44(42-26-14-23-33-15-10-12-24-40(33)42)46-41-25-13-11-22-39(41)31-43(47(46)51-45)34-27-29-38(30-28-34)50-53-48(36-18-6-2-7-19-36)52-49(54-50)37-20-8-3-9-21-37/h1-32H. The molecular weight excluding hydrogens is 657 g/mol. The fourth-order valence-electron chi connectivity index (χ4n) is 7.47. The molecule has 0 spiro atoms. The van der Waals surface area contributed by atoms with Crippen molar-refractivity contribution in [2.24, 2.45) is 0 Å². The van der Waals surface area contributed by atoms with Crippen LogP contribution in [0.3, 0.4) is 0 Å². The van der Waals surface area contributed by atoms with Crippen LogP contribution in [0.5, 0.6) is 0 Å². The van der Waals surface area contributed by atoms with Gasteiger partial charge in [-0.05, 0) is 50.4 Å². The Labute approximate surface area is 313 Å². The number of fused-ring (bicyclic) bond motifs is 4. The van der Waals surface area contributed by atoms with Gasteiger partial charge in [0.25, 0.3) is 0 Å². The van der Waals surface area contributed by atoms with Gasteiger partial charge in [-0.15, -0.1) is 0 Å². The molecule has 4 nitrogen and oxygen atoms in total. The third kappa shape index (κ3) is 5.67. The van der Waals surface area contributed by atoms with Crippen molar-refractivity contribution >= 4 is 32.4 Å². The van der Waals surface area contributed by atoms with Gasteiger partial charge in [0.05, 0.1) is 11.2 Å². The highest BCUT2D eigenvalue weighted by molar-refractivity contribution is 6.20. The Balaban J connectivity index is 1.19. The average molecular weight is 689 g/mol. The van der Waals surface area contributed by atoms with Crippen LogP contribution < -0.4 is 0 Å². The van der Waals surface area contributed by atoms with Crippen molar-refractivity contribution in [1.82, 2.24) is 19.9 Å². The van der Waals surface area contributed by atoms with Gasteiger partial charge < -0.3 is 0 Å². The zero-order valence-corrected chi connectivity index (χ0v) is 29.3. The first kappa shape index (κ1) is 31.4. The van der Waals surface area contributed by atoms with Gasteiger partial charge in [-0.25, -0.2) is 19.9 Å². The minimum atomic E-state index is 0.625. The molecule has 0 radical (unpaired) electrons. The van der Waals surface area contributed by atoms with Crippen LogP contribution in [0.25, 0.3) is 100 Å². The molecule has 0 unspecified atom stereocenters. The molecule has 0 aliphatic rings. The van der Waals surface area contributed by atoms with E-state index in [1.54, 1.807) is 0 Å². The third-order valence-electron chi connectivity index (χ3n) is 10.1. The SMILES string of the molecule is c1ccc(-c2cc(-c3cccc4ccccc34)c3c(n2)c(-c2ccc(-c4nc(-c5ccccc5)nc(-c5ccccc5)n4)cc2)cc2ccccc23)cc1. The van der Waals surface area contributed by atoms with Crippen LogP contribution >= 0.6 is 0 Å². The summed E-state index contributed by atoms with van der Waals surface area (Å²) in [5.74, 6) is 1.91. The van der Waals surface area contributed by atoms with Gasteiger partial charge in [0.15, 0.2) is 17.5 Å². The van der Waals surface area contributed by atoms with Crippen molar-refractivity contribution in [1.29, 1.82) is 0 Å².